The normalized spacial score (nSPS) is 11.2. The van der Waals surface area contributed by atoms with E-state index in [1.54, 1.807) is 31.2 Å². The van der Waals surface area contributed by atoms with Crippen molar-refractivity contribution in [3.8, 4) is 0 Å². The van der Waals surface area contributed by atoms with Crippen LogP contribution in [0.3, 0.4) is 0 Å². The van der Waals surface area contributed by atoms with Crippen LogP contribution in [0, 0.1) is 0 Å². The zero-order valence-electron chi connectivity index (χ0n) is 16.5. The molecule has 0 saturated heterocycles. The lowest BCUT2D eigenvalue weighted by Gasteiger charge is -2.17. The summed E-state index contributed by atoms with van der Waals surface area (Å²) in [5.41, 5.74) is 1.22. The Hall–Kier alpha value is -2.67. The molecule has 1 aromatic rings. The first-order chi connectivity index (χ1) is 12.9. The highest BCUT2D eigenvalue weighted by molar-refractivity contribution is 6.07. The predicted molar refractivity (Wildman–Crippen MR) is 106 cm³/mol. The first kappa shape index (κ1) is 22.4. The second kappa shape index (κ2) is 11.9. The van der Waals surface area contributed by atoms with E-state index >= 15 is 0 Å². The number of rotatable bonds is 10. The van der Waals surface area contributed by atoms with E-state index in [-0.39, 0.29) is 11.8 Å². The summed E-state index contributed by atoms with van der Waals surface area (Å²) < 4.78 is 4.62. The van der Waals surface area contributed by atoms with Crippen LogP contribution in [0.15, 0.2) is 35.9 Å². The van der Waals surface area contributed by atoms with Crippen LogP contribution in [0.4, 0.5) is 5.69 Å². The predicted octanol–water partition coefficient (Wildman–Crippen LogP) is 2.21. The van der Waals surface area contributed by atoms with E-state index in [9.17, 15) is 14.4 Å². The summed E-state index contributed by atoms with van der Waals surface area (Å²) in [6.45, 7) is 9.27. The number of anilines is 1. The fourth-order valence-electron chi connectivity index (χ4n) is 2.40. The Morgan fingerprint density at radius 3 is 2.30 bits per heavy atom. The van der Waals surface area contributed by atoms with Crippen molar-refractivity contribution in [1.29, 1.82) is 0 Å². The lowest BCUT2D eigenvalue weighted by atomic mass is 10.2. The number of nitrogens with one attached hydrogen (secondary N) is 2. The smallest absolute Gasteiger partial charge is 0.337 e. The topological polar surface area (TPSA) is 87.7 Å². The molecule has 1 rings (SSSR count). The SMILES string of the molecule is CCN(CC)CCCNC(=O)/C=C(\C)C(=O)Nc1ccc(C(=O)OC)cc1. The molecule has 1 aromatic carbocycles. The molecule has 7 nitrogen and oxygen atoms in total. The molecule has 0 unspecified atom stereocenters. The van der Waals surface area contributed by atoms with Gasteiger partial charge in [-0.3, -0.25) is 9.59 Å². The highest BCUT2D eigenvalue weighted by atomic mass is 16.5. The number of amides is 2. The summed E-state index contributed by atoms with van der Waals surface area (Å²) >= 11 is 0. The second-order valence-electron chi connectivity index (χ2n) is 6.02. The van der Waals surface area contributed by atoms with Crippen molar-refractivity contribution in [2.45, 2.75) is 27.2 Å². The van der Waals surface area contributed by atoms with E-state index in [4.69, 9.17) is 0 Å². The van der Waals surface area contributed by atoms with Gasteiger partial charge in [-0.2, -0.15) is 0 Å². The van der Waals surface area contributed by atoms with Gasteiger partial charge in [-0.15, -0.1) is 0 Å². The Labute approximate surface area is 160 Å². The molecule has 0 aliphatic rings. The van der Waals surface area contributed by atoms with Crippen LogP contribution in [-0.2, 0) is 14.3 Å². The van der Waals surface area contributed by atoms with Crippen LogP contribution >= 0.6 is 0 Å². The second-order valence-corrected chi connectivity index (χ2v) is 6.02. The van der Waals surface area contributed by atoms with Crippen LogP contribution in [-0.4, -0.2) is 56.0 Å². The Balaban J connectivity index is 2.47. The van der Waals surface area contributed by atoms with Crippen LogP contribution in [0.1, 0.15) is 37.6 Å². The largest absolute Gasteiger partial charge is 0.465 e. The summed E-state index contributed by atoms with van der Waals surface area (Å²) in [5, 5.41) is 5.47. The van der Waals surface area contributed by atoms with Crippen LogP contribution < -0.4 is 10.6 Å². The van der Waals surface area contributed by atoms with E-state index in [0.717, 1.165) is 26.1 Å². The van der Waals surface area contributed by atoms with Gasteiger partial charge in [-0.05, 0) is 57.2 Å². The molecule has 0 heterocycles. The molecule has 0 atom stereocenters. The van der Waals surface area contributed by atoms with Gasteiger partial charge in [0.15, 0.2) is 0 Å². The number of benzene rings is 1. The average molecular weight is 375 g/mol. The first-order valence-corrected chi connectivity index (χ1v) is 9.09. The average Bonchev–Trinajstić information content (AvgIpc) is 2.68. The summed E-state index contributed by atoms with van der Waals surface area (Å²) in [4.78, 5) is 37.8. The maximum Gasteiger partial charge on any atom is 0.337 e. The standard InChI is InChI=1S/C20H29N3O4/c1-5-23(6-2)13-7-12-21-18(24)14-15(3)19(25)22-17-10-8-16(9-11-17)20(26)27-4/h8-11,14H,5-7,12-13H2,1-4H3,(H,21,24)(H,22,25)/b15-14+. The summed E-state index contributed by atoms with van der Waals surface area (Å²) in [7, 11) is 1.31. The van der Waals surface area contributed by atoms with Gasteiger partial charge in [0.1, 0.15) is 0 Å². The minimum absolute atomic E-state index is 0.289. The van der Waals surface area contributed by atoms with Gasteiger partial charge in [-0.25, -0.2) is 4.79 Å². The lowest BCUT2D eigenvalue weighted by molar-refractivity contribution is -0.117. The third-order valence-electron chi connectivity index (χ3n) is 4.11. The quantitative estimate of drug-likeness (QED) is 0.372. The van der Waals surface area contributed by atoms with E-state index in [0.29, 0.717) is 23.4 Å². The maximum absolute atomic E-state index is 12.2. The molecule has 0 aliphatic carbocycles. The Kier molecular flexibility index (Phi) is 9.82. The molecule has 0 aromatic heterocycles. The fraction of sp³-hybridized carbons (Fsp3) is 0.450. The number of hydrogen-bond acceptors (Lipinski definition) is 5. The molecule has 0 saturated carbocycles. The monoisotopic (exact) mass is 375 g/mol. The Morgan fingerprint density at radius 1 is 1.11 bits per heavy atom. The number of esters is 1. The molecule has 0 spiro atoms. The van der Waals surface area contributed by atoms with Gasteiger partial charge in [0.05, 0.1) is 12.7 Å². The van der Waals surface area contributed by atoms with Crippen molar-refractivity contribution >= 4 is 23.5 Å². The molecule has 7 heteroatoms. The number of methoxy groups -OCH3 is 1. The number of hydrogen-bond donors (Lipinski definition) is 2. The molecule has 0 fully saturated rings. The van der Waals surface area contributed by atoms with Gasteiger partial charge in [0, 0.05) is 23.9 Å². The third-order valence-corrected chi connectivity index (χ3v) is 4.11. The number of ether oxygens (including phenoxy) is 1. The van der Waals surface area contributed by atoms with Crippen molar-refractivity contribution in [1.82, 2.24) is 10.2 Å². The number of carbonyl (C=O) groups is 3. The van der Waals surface area contributed by atoms with Crippen LogP contribution in [0.25, 0.3) is 0 Å². The summed E-state index contributed by atoms with van der Waals surface area (Å²) in [6.07, 6.45) is 2.15. The zero-order valence-corrected chi connectivity index (χ0v) is 16.5. The van der Waals surface area contributed by atoms with E-state index in [2.05, 4.69) is 34.1 Å². The summed E-state index contributed by atoms with van der Waals surface area (Å²) in [6, 6.07) is 6.32. The Bertz CT molecular complexity index is 664. The first-order valence-electron chi connectivity index (χ1n) is 9.09. The van der Waals surface area contributed by atoms with Gasteiger partial charge in [-0.1, -0.05) is 13.8 Å². The maximum atomic E-state index is 12.2. The molecule has 0 radical (unpaired) electrons. The molecule has 0 bridgehead atoms. The van der Waals surface area contributed by atoms with E-state index in [1.165, 1.54) is 13.2 Å². The Morgan fingerprint density at radius 2 is 1.74 bits per heavy atom. The molecule has 2 amide bonds. The molecular formula is C20H29N3O4. The van der Waals surface area contributed by atoms with E-state index < -0.39 is 5.97 Å². The van der Waals surface area contributed by atoms with Gasteiger partial charge < -0.3 is 20.3 Å². The molecule has 27 heavy (non-hydrogen) atoms. The van der Waals surface area contributed by atoms with Crippen molar-refractivity contribution in [2.75, 3.05) is 38.6 Å². The third kappa shape index (κ3) is 8.04. The zero-order chi connectivity index (χ0) is 20.2. The van der Waals surface area contributed by atoms with E-state index in [1.807, 2.05) is 0 Å². The van der Waals surface area contributed by atoms with Crippen molar-refractivity contribution in [2.24, 2.45) is 0 Å². The van der Waals surface area contributed by atoms with Crippen molar-refractivity contribution in [3.05, 3.63) is 41.5 Å². The number of nitrogens with zero attached hydrogens (tertiary/aromatic N) is 1. The molecule has 148 valence electrons. The molecular weight excluding hydrogens is 346 g/mol. The van der Waals surface area contributed by atoms with Gasteiger partial charge in [0.25, 0.3) is 5.91 Å². The molecule has 2 N–H and O–H groups in total. The molecule has 0 aliphatic heterocycles. The van der Waals surface area contributed by atoms with Crippen molar-refractivity contribution in [3.63, 3.8) is 0 Å². The fourth-order valence-corrected chi connectivity index (χ4v) is 2.40. The van der Waals surface area contributed by atoms with Crippen LogP contribution in [0.5, 0.6) is 0 Å². The highest BCUT2D eigenvalue weighted by Gasteiger charge is 2.09. The minimum atomic E-state index is -0.443. The summed E-state index contributed by atoms with van der Waals surface area (Å²) in [5.74, 6) is -1.11. The minimum Gasteiger partial charge on any atom is -0.465 e. The number of carbonyl (C=O) groups excluding carboxylic acids is 3. The lowest BCUT2D eigenvalue weighted by Crippen LogP contribution is -2.29. The highest BCUT2D eigenvalue weighted by Crippen LogP contribution is 2.11. The van der Waals surface area contributed by atoms with Crippen LogP contribution in [0.2, 0.25) is 0 Å². The van der Waals surface area contributed by atoms with Crippen molar-refractivity contribution < 1.29 is 19.1 Å². The van der Waals surface area contributed by atoms with Gasteiger partial charge in [0.2, 0.25) is 5.91 Å². The van der Waals surface area contributed by atoms with Gasteiger partial charge >= 0.3 is 5.97 Å².